The Labute approximate surface area is 72.1 Å². The maximum Gasteiger partial charge on any atom is 1.00 e. The molecule has 0 bridgehead atoms. The zero-order chi connectivity index (χ0) is 4.99. The number of carbonyl (C=O) groups excluding carboxylic acids is 1. The Hall–Kier alpha value is 0.465. The third-order valence-electron chi connectivity index (χ3n) is 0.220. The van der Waals surface area contributed by atoms with Gasteiger partial charge in [-0.1, -0.05) is 6.61 Å². The van der Waals surface area contributed by atoms with E-state index in [1.165, 1.54) is 0 Å². The minimum Gasteiger partial charge on any atom is -0.582 e. The Balaban J connectivity index is -0.000000125. The minimum atomic E-state index is -1.52. The Kier molecular flexibility index (Phi) is 20.6. The van der Waals surface area contributed by atoms with Crippen molar-refractivity contribution >= 4 is 6.16 Å². The molecule has 5 heteroatoms. The van der Waals surface area contributed by atoms with Gasteiger partial charge in [-0.15, -0.1) is 0 Å². The van der Waals surface area contributed by atoms with Crippen LogP contribution in [0.1, 0.15) is 0 Å². The number of carboxylic acid groups (broad SMARTS) is 1. The van der Waals surface area contributed by atoms with E-state index in [9.17, 15) is 9.90 Å². The molecule has 0 heterocycles. The van der Waals surface area contributed by atoms with Gasteiger partial charge in [0.2, 0.25) is 6.16 Å². The summed E-state index contributed by atoms with van der Waals surface area (Å²) in [7, 11) is 0. The fraction of sp³-hybridized carbons (Fsp3) is 0.333. The Morgan fingerprint density at radius 2 is 2.00 bits per heavy atom. The molecule has 0 spiro atoms. The Morgan fingerprint density at radius 1 is 1.62 bits per heavy atom. The standard InChI is InChI=1S/C3H5O3.2Li/c1-2-6-3(4)5;;/h1-2H2,(H,4,5);;/q-1;2*+1/p-1. The number of hydrogen-bond donors (Lipinski definition) is 0. The van der Waals surface area contributed by atoms with Crippen LogP contribution < -0.4 is 42.8 Å². The molecule has 0 atom stereocenters. The molecule has 0 aliphatic rings. The first-order chi connectivity index (χ1) is 2.77. The summed E-state index contributed by atoms with van der Waals surface area (Å²) in [5.74, 6) is 0. The largest absolute Gasteiger partial charge is 1.00 e. The summed E-state index contributed by atoms with van der Waals surface area (Å²) in [5.41, 5.74) is 0. The molecule has 0 aromatic carbocycles. The van der Waals surface area contributed by atoms with Gasteiger partial charge in [-0.2, -0.15) is 0 Å². The van der Waals surface area contributed by atoms with Crippen LogP contribution in [0.3, 0.4) is 0 Å². The fourth-order valence-electron chi connectivity index (χ4n) is 0.0833. The van der Waals surface area contributed by atoms with Crippen molar-refractivity contribution in [3.63, 3.8) is 0 Å². The first kappa shape index (κ1) is 15.8. The summed E-state index contributed by atoms with van der Waals surface area (Å²) in [6.45, 7) is 3.00. The molecule has 0 fully saturated rings. The van der Waals surface area contributed by atoms with Gasteiger partial charge in [0.25, 0.3) is 0 Å². The molecule has 0 unspecified atom stereocenters. The summed E-state index contributed by atoms with van der Waals surface area (Å²) >= 11 is 0. The van der Waals surface area contributed by atoms with Crippen molar-refractivity contribution in [1.82, 2.24) is 0 Å². The first-order valence-corrected chi connectivity index (χ1v) is 1.40. The maximum absolute atomic E-state index is 9.23. The molecule has 8 heavy (non-hydrogen) atoms. The summed E-state index contributed by atoms with van der Waals surface area (Å²) < 4.78 is 3.74. The van der Waals surface area contributed by atoms with Gasteiger partial charge < -0.3 is 21.6 Å². The van der Waals surface area contributed by atoms with Crippen molar-refractivity contribution in [3.8, 4) is 0 Å². The predicted molar refractivity (Wildman–Crippen MR) is 16.7 cm³/mol. The Morgan fingerprint density at radius 3 is 2.00 bits per heavy atom. The van der Waals surface area contributed by atoms with Gasteiger partial charge in [-0.25, -0.2) is 0 Å². The molecule has 0 rings (SSSR count). The van der Waals surface area contributed by atoms with E-state index >= 15 is 0 Å². The molecule has 36 valence electrons. The second-order valence-electron chi connectivity index (χ2n) is 0.598. The van der Waals surface area contributed by atoms with Gasteiger partial charge in [0.05, 0.1) is 0 Å². The van der Waals surface area contributed by atoms with E-state index in [4.69, 9.17) is 0 Å². The minimum absolute atomic E-state index is 0. The SMILES string of the molecule is [CH2-]COC(=O)[O-].[Li+].[Li+]. The molecule has 0 N–H and O–H groups in total. The summed E-state index contributed by atoms with van der Waals surface area (Å²) in [6, 6.07) is 0. The van der Waals surface area contributed by atoms with Crippen LogP contribution in [0.5, 0.6) is 0 Å². The summed E-state index contributed by atoms with van der Waals surface area (Å²) in [5, 5.41) is 9.23. The van der Waals surface area contributed by atoms with Gasteiger partial charge in [-0.05, 0) is 0 Å². The maximum atomic E-state index is 9.23. The van der Waals surface area contributed by atoms with Gasteiger partial charge in [0, 0.05) is 0 Å². The second kappa shape index (κ2) is 10.4. The van der Waals surface area contributed by atoms with Crippen molar-refractivity contribution in [1.29, 1.82) is 0 Å². The first-order valence-electron chi connectivity index (χ1n) is 1.40. The smallest absolute Gasteiger partial charge is 0.582 e. The average Bonchev–Trinajstić information content (AvgIpc) is 1.35. The van der Waals surface area contributed by atoms with E-state index in [-0.39, 0.29) is 44.3 Å². The molecule has 0 aliphatic carbocycles. The monoisotopic (exact) mass is 102 g/mol. The summed E-state index contributed by atoms with van der Waals surface area (Å²) in [6.07, 6.45) is -1.52. The van der Waals surface area contributed by atoms with Crippen LogP contribution in [-0.4, -0.2) is 12.8 Å². The van der Waals surface area contributed by atoms with Crippen LogP contribution in [-0.2, 0) is 4.74 Å². The molecule has 0 radical (unpaired) electrons. The van der Waals surface area contributed by atoms with E-state index in [2.05, 4.69) is 11.7 Å². The zero-order valence-electron chi connectivity index (χ0n) is 5.14. The normalized spacial score (nSPS) is 5.62. The van der Waals surface area contributed by atoms with E-state index in [0.717, 1.165) is 0 Å². The molecule has 0 aliphatic heterocycles. The van der Waals surface area contributed by atoms with Crippen LogP contribution in [0.4, 0.5) is 4.79 Å². The van der Waals surface area contributed by atoms with Crippen molar-refractivity contribution in [2.45, 2.75) is 0 Å². The quantitative estimate of drug-likeness (QED) is 0.188. The predicted octanol–water partition coefficient (Wildman–Crippen LogP) is -6.81. The van der Waals surface area contributed by atoms with Crippen molar-refractivity contribution in [2.24, 2.45) is 0 Å². The van der Waals surface area contributed by atoms with Crippen LogP contribution >= 0.6 is 0 Å². The third-order valence-corrected chi connectivity index (χ3v) is 0.220. The van der Waals surface area contributed by atoms with E-state index in [1.807, 2.05) is 0 Å². The third kappa shape index (κ3) is 16.1. The molecule has 0 saturated heterocycles. The van der Waals surface area contributed by atoms with Gasteiger partial charge in [0.15, 0.2) is 0 Å². The molecule has 0 aromatic heterocycles. The van der Waals surface area contributed by atoms with Crippen LogP contribution in [0, 0.1) is 6.92 Å². The van der Waals surface area contributed by atoms with Crippen LogP contribution in [0.15, 0.2) is 0 Å². The molecule has 0 saturated carbocycles. The Bertz CT molecular complexity index is 56.5. The molecule has 0 aromatic rings. The number of rotatable bonds is 1. The van der Waals surface area contributed by atoms with Crippen molar-refractivity contribution in [3.05, 3.63) is 6.92 Å². The van der Waals surface area contributed by atoms with E-state index in [0.29, 0.717) is 0 Å². The zero-order valence-corrected chi connectivity index (χ0v) is 5.14. The van der Waals surface area contributed by atoms with Gasteiger partial charge in [-0.3, -0.25) is 0 Å². The number of carbonyl (C=O) groups is 1. The van der Waals surface area contributed by atoms with Crippen LogP contribution in [0.2, 0.25) is 0 Å². The van der Waals surface area contributed by atoms with Crippen molar-refractivity contribution < 1.29 is 52.4 Å². The molecular weight excluding hydrogens is 97.9 g/mol. The molecule has 3 nitrogen and oxygen atoms in total. The van der Waals surface area contributed by atoms with E-state index < -0.39 is 6.16 Å². The van der Waals surface area contributed by atoms with Gasteiger partial charge >= 0.3 is 37.7 Å². The topological polar surface area (TPSA) is 49.4 Å². The fourth-order valence-corrected chi connectivity index (χ4v) is 0.0833. The average molecular weight is 102 g/mol. The molecular formula is C3H4Li2O3. The summed E-state index contributed by atoms with van der Waals surface area (Å²) in [4.78, 5) is 9.23. The van der Waals surface area contributed by atoms with E-state index in [1.54, 1.807) is 0 Å². The second-order valence-corrected chi connectivity index (χ2v) is 0.598. The number of ether oxygens (including phenoxy) is 1. The molecule has 0 amide bonds. The van der Waals surface area contributed by atoms with Crippen molar-refractivity contribution in [2.75, 3.05) is 6.61 Å². The van der Waals surface area contributed by atoms with Crippen LogP contribution in [0.25, 0.3) is 0 Å². The number of hydrogen-bond acceptors (Lipinski definition) is 3. The van der Waals surface area contributed by atoms with Gasteiger partial charge in [0.1, 0.15) is 0 Å².